The van der Waals surface area contributed by atoms with Gasteiger partial charge in [0.2, 0.25) is 17.7 Å². The number of carbonyl (C=O) groups excluding carboxylic acids is 1. The Hall–Kier alpha value is -2.86. The average Bonchev–Trinajstić information content (AvgIpc) is 3.10. The van der Waals surface area contributed by atoms with Crippen LogP contribution in [0, 0.1) is 0 Å². The smallest absolute Gasteiger partial charge is 0.249 e. The summed E-state index contributed by atoms with van der Waals surface area (Å²) >= 11 is 6.10. The summed E-state index contributed by atoms with van der Waals surface area (Å²) < 4.78 is 10.6. The van der Waals surface area contributed by atoms with Crippen molar-refractivity contribution >= 4 is 17.5 Å². The van der Waals surface area contributed by atoms with E-state index in [0.29, 0.717) is 22.4 Å². The van der Waals surface area contributed by atoms with Crippen LogP contribution in [0.1, 0.15) is 11.5 Å². The molecule has 0 bridgehead atoms. The van der Waals surface area contributed by atoms with E-state index in [-0.39, 0.29) is 18.9 Å². The van der Waals surface area contributed by atoms with Crippen LogP contribution < -0.4 is 10.1 Å². The second-order valence-corrected chi connectivity index (χ2v) is 5.69. The van der Waals surface area contributed by atoms with Crippen molar-refractivity contribution in [2.45, 2.75) is 13.0 Å². The molecule has 6 nitrogen and oxygen atoms in total. The molecule has 1 amide bonds. The van der Waals surface area contributed by atoms with E-state index >= 15 is 0 Å². The first kappa shape index (κ1) is 17.0. The van der Waals surface area contributed by atoms with Crippen molar-refractivity contribution in [1.29, 1.82) is 0 Å². The van der Waals surface area contributed by atoms with Gasteiger partial charge < -0.3 is 14.5 Å². The van der Waals surface area contributed by atoms with Crippen LogP contribution in [0.4, 0.5) is 0 Å². The van der Waals surface area contributed by atoms with Crippen LogP contribution in [0.25, 0.3) is 11.5 Å². The Morgan fingerprint density at radius 3 is 2.64 bits per heavy atom. The summed E-state index contributed by atoms with van der Waals surface area (Å²) in [7, 11) is 1.60. The molecule has 0 saturated carbocycles. The Balaban J connectivity index is 1.56. The molecule has 25 heavy (non-hydrogen) atoms. The molecule has 3 aromatic rings. The van der Waals surface area contributed by atoms with Crippen LogP contribution in [-0.4, -0.2) is 23.2 Å². The first-order valence-corrected chi connectivity index (χ1v) is 8.00. The number of hydrogen-bond donors (Lipinski definition) is 1. The number of benzene rings is 2. The number of rotatable bonds is 6. The zero-order chi connectivity index (χ0) is 17.6. The molecule has 3 rings (SSSR count). The number of ether oxygens (including phenoxy) is 1. The summed E-state index contributed by atoms with van der Waals surface area (Å²) in [6.07, 6.45) is 0.259. The van der Waals surface area contributed by atoms with Crippen molar-refractivity contribution < 1.29 is 13.9 Å². The fourth-order valence-electron chi connectivity index (χ4n) is 2.23. The maximum absolute atomic E-state index is 12.0. The van der Waals surface area contributed by atoms with Gasteiger partial charge in [-0.2, -0.15) is 0 Å². The van der Waals surface area contributed by atoms with E-state index in [4.69, 9.17) is 20.8 Å². The number of aromatic nitrogens is 2. The van der Waals surface area contributed by atoms with Gasteiger partial charge in [0.15, 0.2) is 0 Å². The van der Waals surface area contributed by atoms with Gasteiger partial charge in [-0.15, -0.1) is 10.2 Å². The Morgan fingerprint density at radius 1 is 1.16 bits per heavy atom. The third-order valence-corrected chi connectivity index (χ3v) is 3.86. The largest absolute Gasteiger partial charge is 0.497 e. The van der Waals surface area contributed by atoms with Crippen LogP contribution in [0.2, 0.25) is 5.02 Å². The zero-order valence-electron chi connectivity index (χ0n) is 13.5. The lowest BCUT2D eigenvalue weighted by atomic mass is 10.1. The second-order valence-electron chi connectivity index (χ2n) is 5.28. The van der Waals surface area contributed by atoms with Crippen LogP contribution in [0.15, 0.2) is 52.9 Å². The Morgan fingerprint density at radius 2 is 1.92 bits per heavy atom. The third-order valence-electron chi connectivity index (χ3n) is 3.53. The predicted molar refractivity (Wildman–Crippen MR) is 93.3 cm³/mol. The Kier molecular flexibility index (Phi) is 5.30. The highest BCUT2D eigenvalue weighted by Crippen LogP contribution is 2.26. The first-order chi connectivity index (χ1) is 12.2. The number of hydrogen-bond acceptors (Lipinski definition) is 5. The average molecular weight is 358 g/mol. The minimum Gasteiger partial charge on any atom is -0.497 e. The van der Waals surface area contributed by atoms with Crippen LogP contribution in [0.3, 0.4) is 0 Å². The van der Waals surface area contributed by atoms with Crippen LogP contribution >= 0.6 is 11.6 Å². The quantitative estimate of drug-likeness (QED) is 0.732. The summed E-state index contributed by atoms with van der Waals surface area (Å²) in [5.74, 6) is 1.26. The molecule has 0 radical (unpaired) electrons. The fraction of sp³-hybridized carbons (Fsp3) is 0.167. The lowest BCUT2D eigenvalue weighted by molar-refractivity contribution is -0.120. The van der Waals surface area contributed by atoms with Crippen molar-refractivity contribution in [2.24, 2.45) is 0 Å². The standard InChI is InChI=1S/C18H16ClN3O3/c1-24-13-8-6-12(7-9-13)10-16(23)20-11-17-21-22-18(25-17)14-4-2-3-5-15(14)19/h2-9H,10-11H2,1H3,(H,20,23). The van der Waals surface area contributed by atoms with E-state index in [2.05, 4.69) is 15.5 Å². The van der Waals surface area contributed by atoms with E-state index in [1.807, 2.05) is 36.4 Å². The van der Waals surface area contributed by atoms with Gasteiger partial charge in [0.25, 0.3) is 0 Å². The number of methoxy groups -OCH3 is 1. The van der Waals surface area contributed by atoms with Gasteiger partial charge in [0.1, 0.15) is 5.75 Å². The molecular formula is C18H16ClN3O3. The predicted octanol–water partition coefficient (Wildman–Crippen LogP) is 3.26. The van der Waals surface area contributed by atoms with Crippen molar-refractivity contribution in [3.63, 3.8) is 0 Å². The maximum Gasteiger partial charge on any atom is 0.249 e. The summed E-state index contributed by atoms with van der Waals surface area (Å²) in [6.45, 7) is 0.159. The van der Waals surface area contributed by atoms with Gasteiger partial charge in [0, 0.05) is 0 Å². The summed E-state index contributed by atoms with van der Waals surface area (Å²) in [5, 5.41) is 11.2. The second kappa shape index (κ2) is 7.81. The zero-order valence-corrected chi connectivity index (χ0v) is 14.3. The highest BCUT2D eigenvalue weighted by molar-refractivity contribution is 6.33. The van der Waals surface area contributed by atoms with E-state index in [0.717, 1.165) is 11.3 Å². The Bertz CT molecular complexity index is 862. The molecule has 0 aliphatic heterocycles. The van der Waals surface area contributed by atoms with E-state index in [1.54, 1.807) is 19.2 Å². The molecule has 0 aliphatic carbocycles. The molecular weight excluding hydrogens is 342 g/mol. The highest BCUT2D eigenvalue weighted by atomic mass is 35.5. The normalized spacial score (nSPS) is 10.5. The molecule has 1 heterocycles. The summed E-state index contributed by atoms with van der Waals surface area (Å²) in [5.41, 5.74) is 1.55. The van der Waals surface area contributed by atoms with E-state index in [9.17, 15) is 4.79 Å². The van der Waals surface area contributed by atoms with Gasteiger partial charge in [-0.25, -0.2) is 0 Å². The summed E-state index contributed by atoms with van der Waals surface area (Å²) in [4.78, 5) is 12.0. The van der Waals surface area contributed by atoms with E-state index in [1.165, 1.54) is 0 Å². The van der Waals surface area contributed by atoms with Gasteiger partial charge >= 0.3 is 0 Å². The highest BCUT2D eigenvalue weighted by Gasteiger charge is 2.12. The number of halogens is 1. The molecule has 0 aliphatic rings. The van der Waals surface area contributed by atoms with Gasteiger partial charge in [0.05, 0.1) is 30.7 Å². The van der Waals surface area contributed by atoms with Crippen molar-refractivity contribution in [3.05, 3.63) is 65.0 Å². The van der Waals surface area contributed by atoms with Crippen LogP contribution in [0.5, 0.6) is 5.75 Å². The van der Waals surface area contributed by atoms with Gasteiger partial charge in [-0.05, 0) is 29.8 Å². The number of nitrogens with one attached hydrogen (secondary N) is 1. The van der Waals surface area contributed by atoms with Crippen LogP contribution in [-0.2, 0) is 17.8 Å². The summed E-state index contributed by atoms with van der Waals surface area (Å²) in [6, 6.07) is 14.5. The van der Waals surface area contributed by atoms with Crippen molar-refractivity contribution in [1.82, 2.24) is 15.5 Å². The molecule has 2 aromatic carbocycles. The fourth-order valence-corrected chi connectivity index (χ4v) is 2.45. The van der Waals surface area contributed by atoms with Crippen molar-refractivity contribution in [3.8, 4) is 17.2 Å². The van der Waals surface area contributed by atoms with E-state index < -0.39 is 0 Å². The molecule has 0 saturated heterocycles. The SMILES string of the molecule is COc1ccc(CC(=O)NCc2nnc(-c3ccccc3Cl)o2)cc1. The van der Waals surface area contributed by atoms with Crippen molar-refractivity contribution in [2.75, 3.05) is 7.11 Å². The molecule has 0 unspecified atom stereocenters. The lowest BCUT2D eigenvalue weighted by Crippen LogP contribution is -2.24. The molecule has 0 spiro atoms. The molecule has 1 N–H and O–H groups in total. The molecule has 7 heteroatoms. The lowest BCUT2D eigenvalue weighted by Gasteiger charge is -2.04. The first-order valence-electron chi connectivity index (χ1n) is 7.62. The minimum atomic E-state index is -0.136. The topological polar surface area (TPSA) is 77.2 Å². The van der Waals surface area contributed by atoms with Gasteiger partial charge in [-0.1, -0.05) is 35.9 Å². The Labute approximate surface area is 149 Å². The molecule has 0 atom stereocenters. The molecule has 128 valence electrons. The molecule has 1 aromatic heterocycles. The number of carbonyl (C=O) groups is 1. The number of amides is 1. The number of nitrogens with zero attached hydrogens (tertiary/aromatic N) is 2. The maximum atomic E-state index is 12.0. The molecule has 0 fully saturated rings. The monoisotopic (exact) mass is 357 g/mol. The van der Waals surface area contributed by atoms with Gasteiger partial charge in [-0.3, -0.25) is 4.79 Å². The third kappa shape index (κ3) is 4.36. The minimum absolute atomic E-state index is 0.136.